The van der Waals surface area contributed by atoms with E-state index in [9.17, 15) is 4.79 Å². The lowest BCUT2D eigenvalue weighted by Gasteiger charge is -2.05. The smallest absolute Gasteiger partial charge is 0.256 e. The lowest BCUT2D eigenvalue weighted by molar-refractivity contribution is -0.110. The fourth-order valence-electron chi connectivity index (χ4n) is 2.45. The zero-order valence-electron chi connectivity index (χ0n) is 12.0. The van der Waals surface area contributed by atoms with Crippen LogP contribution in [-0.2, 0) is 4.79 Å². The average Bonchev–Trinajstić information content (AvgIpc) is 2.76. The number of carbonyl (C=O) groups excluding carboxylic acids is 1. The quantitative estimate of drug-likeness (QED) is 0.759. The van der Waals surface area contributed by atoms with E-state index in [4.69, 9.17) is 0 Å². The van der Waals surface area contributed by atoms with Gasteiger partial charge in [0.1, 0.15) is 0 Å². The number of amides is 1. The van der Waals surface area contributed by atoms with E-state index in [0.717, 1.165) is 21.3 Å². The van der Waals surface area contributed by atoms with Gasteiger partial charge in [0.25, 0.3) is 5.91 Å². The third-order valence-corrected chi connectivity index (χ3v) is 4.17. The summed E-state index contributed by atoms with van der Waals surface area (Å²) in [4.78, 5) is 12.1. The Bertz CT molecular complexity index is 729. The fourth-order valence-corrected chi connectivity index (χ4v) is 2.81. The fraction of sp³-hybridized carbons (Fsp3) is 0.167. The van der Waals surface area contributed by atoms with E-state index in [2.05, 4.69) is 59.4 Å². The minimum absolute atomic E-state index is 0.0453. The second kappa shape index (κ2) is 5.49. The van der Waals surface area contributed by atoms with Crippen molar-refractivity contribution in [2.45, 2.75) is 19.8 Å². The van der Waals surface area contributed by atoms with Crippen LogP contribution in [-0.4, -0.2) is 5.91 Å². The maximum absolute atomic E-state index is 12.1. The number of benzene rings is 2. The highest BCUT2D eigenvalue weighted by Crippen LogP contribution is 2.35. The topological polar surface area (TPSA) is 29.1 Å². The van der Waals surface area contributed by atoms with Gasteiger partial charge >= 0.3 is 0 Å². The molecule has 2 aromatic carbocycles. The first-order valence-corrected chi connectivity index (χ1v) is 7.77. The molecule has 1 amide bonds. The maximum Gasteiger partial charge on any atom is 0.256 e. The number of hydrogen-bond acceptors (Lipinski definition) is 1. The second-order valence-corrected chi connectivity index (χ2v) is 6.44. The van der Waals surface area contributed by atoms with Crippen molar-refractivity contribution in [2.24, 2.45) is 0 Å². The first-order chi connectivity index (χ1) is 10.0. The molecule has 0 saturated heterocycles. The Hall–Kier alpha value is -1.87. The molecular formula is C18H16BrNO. The van der Waals surface area contributed by atoms with Gasteiger partial charge in [-0.25, -0.2) is 0 Å². The van der Waals surface area contributed by atoms with Crippen LogP contribution >= 0.6 is 15.9 Å². The number of carbonyl (C=O) groups is 1. The predicted molar refractivity (Wildman–Crippen MR) is 91.2 cm³/mol. The summed E-state index contributed by atoms with van der Waals surface area (Å²) in [6.07, 6.45) is 1.94. The summed E-state index contributed by atoms with van der Waals surface area (Å²) in [7, 11) is 0. The van der Waals surface area contributed by atoms with Gasteiger partial charge in [-0.2, -0.15) is 0 Å². The molecule has 0 aromatic heterocycles. The van der Waals surface area contributed by atoms with Gasteiger partial charge in [0.05, 0.1) is 0 Å². The molecule has 1 heterocycles. The third-order valence-electron chi connectivity index (χ3n) is 3.68. The van der Waals surface area contributed by atoms with E-state index in [0.29, 0.717) is 11.5 Å². The van der Waals surface area contributed by atoms with Crippen LogP contribution < -0.4 is 5.32 Å². The number of hydrogen-bond donors (Lipinski definition) is 1. The summed E-state index contributed by atoms with van der Waals surface area (Å²) in [5.41, 5.74) is 4.87. The van der Waals surface area contributed by atoms with Gasteiger partial charge in [-0.05, 0) is 41.3 Å². The molecular weight excluding hydrogens is 326 g/mol. The van der Waals surface area contributed by atoms with Crippen LogP contribution in [0.15, 0.2) is 46.9 Å². The molecule has 0 radical (unpaired) electrons. The molecule has 0 atom stereocenters. The third kappa shape index (κ3) is 2.79. The molecule has 3 heteroatoms. The molecule has 3 rings (SSSR count). The van der Waals surface area contributed by atoms with Crippen LogP contribution in [0, 0.1) is 0 Å². The molecule has 2 nitrogen and oxygen atoms in total. The molecule has 21 heavy (non-hydrogen) atoms. The van der Waals surface area contributed by atoms with Crippen molar-refractivity contribution in [3.8, 4) is 0 Å². The average molecular weight is 342 g/mol. The van der Waals surface area contributed by atoms with Crippen molar-refractivity contribution in [1.82, 2.24) is 0 Å². The van der Waals surface area contributed by atoms with Crippen LogP contribution in [0.1, 0.15) is 36.5 Å². The van der Waals surface area contributed by atoms with Gasteiger partial charge in [0.15, 0.2) is 0 Å². The zero-order chi connectivity index (χ0) is 15.0. The summed E-state index contributed by atoms with van der Waals surface area (Å²) in [6.45, 7) is 4.34. The van der Waals surface area contributed by atoms with Crippen LogP contribution in [0.2, 0.25) is 0 Å². The molecule has 1 aliphatic heterocycles. The van der Waals surface area contributed by atoms with E-state index in [1.54, 1.807) is 0 Å². The SMILES string of the molecule is CC(C)c1ccc(C=C2C(=O)Nc3ccc(Br)cc32)cc1. The number of fused-ring (bicyclic) bond motifs is 1. The van der Waals surface area contributed by atoms with E-state index in [1.165, 1.54) is 5.56 Å². The van der Waals surface area contributed by atoms with Crippen LogP contribution in [0.5, 0.6) is 0 Å². The van der Waals surface area contributed by atoms with Crippen molar-refractivity contribution in [1.29, 1.82) is 0 Å². The Morgan fingerprint density at radius 3 is 2.48 bits per heavy atom. The molecule has 0 bridgehead atoms. The van der Waals surface area contributed by atoms with Gasteiger partial charge < -0.3 is 5.32 Å². The first kappa shape index (κ1) is 14.1. The van der Waals surface area contributed by atoms with Crippen molar-refractivity contribution in [3.05, 3.63) is 63.6 Å². The molecule has 1 N–H and O–H groups in total. The van der Waals surface area contributed by atoms with Gasteiger partial charge in [0.2, 0.25) is 0 Å². The van der Waals surface area contributed by atoms with Gasteiger partial charge in [-0.15, -0.1) is 0 Å². The van der Waals surface area contributed by atoms with Crippen molar-refractivity contribution in [2.75, 3.05) is 5.32 Å². The minimum atomic E-state index is -0.0453. The molecule has 0 aliphatic carbocycles. The first-order valence-electron chi connectivity index (χ1n) is 6.97. The summed E-state index contributed by atoms with van der Waals surface area (Å²) in [5, 5.41) is 2.90. The Balaban J connectivity index is 2.00. The predicted octanol–water partition coefficient (Wildman–Crippen LogP) is 5.07. The minimum Gasteiger partial charge on any atom is -0.321 e. The summed E-state index contributed by atoms with van der Waals surface area (Å²) in [5.74, 6) is 0.467. The van der Waals surface area contributed by atoms with Crippen molar-refractivity contribution in [3.63, 3.8) is 0 Å². The van der Waals surface area contributed by atoms with E-state index < -0.39 is 0 Å². The maximum atomic E-state index is 12.1. The monoisotopic (exact) mass is 341 g/mol. The Labute approximate surface area is 133 Å². The molecule has 1 aliphatic rings. The number of rotatable bonds is 2. The molecule has 0 saturated carbocycles. The summed E-state index contributed by atoms with van der Waals surface area (Å²) >= 11 is 3.46. The molecule has 0 unspecified atom stereocenters. The Kier molecular flexibility index (Phi) is 3.68. The standard InChI is InChI=1S/C18H16BrNO/c1-11(2)13-5-3-12(4-6-13)9-16-15-10-14(19)7-8-17(15)20-18(16)21/h3-11H,1-2H3,(H,20,21). The van der Waals surface area contributed by atoms with E-state index in [1.807, 2.05) is 24.3 Å². The van der Waals surface area contributed by atoms with Crippen LogP contribution in [0.25, 0.3) is 11.6 Å². The number of nitrogens with one attached hydrogen (secondary N) is 1. The van der Waals surface area contributed by atoms with Crippen molar-refractivity contribution >= 4 is 39.2 Å². The van der Waals surface area contributed by atoms with Crippen molar-refractivity contribution < 1.29 is 4.79 Å². The molecule has 0 spiro atoms. The Morgan fingerprint density at radius 1 is 1.10 bits per heavy atom. The highest BCUT2D eigenvalue weighted by atomic mass is 79.9. The summed E-state index contributed by atoms with van der Waals surface area (Å²) in [6, 6.07) is 14.2. The van der Waals surface area contributed by atoms with Gasteiger partial charge in [0, 0.05) is 21.3 Å². The van der Waals surface area contributed by atoms with E-state index >= 15 is 0 Å². The Morgan fingerprint density at radius 2 is 1.81 bits per heavy atom. The van der Waals surface area contributed by atoms with Crippen LogP contribution in [0.4, 0.5) is 5.69 Å². The van der Waals surface area contributed by atoms with Gasteiger partial charge in [-0.3, -0.25) is 4.79 Å². The van der Waals surface area contributed by atoms with Gasteiger partial charge in [-0.1, -0.05) is 54.0 Å². The zero-order valence-corrected chi connectivity index (χ0v) is 13.6. The molecule has 106 valence electrons. The number of anilines is 1. The highest BCUT2D eigenvalue weighted by Gasteiger charge is 2.23. The normalized spacial score (nSPS) is 15.4. The second-order valence-electron chi connectivity index (χ2n) is 5.52. The molecule has 0 fully saturated rings. The highest BCUT2D eigenvalue weighted by molar-refractivity contribution is 9.10. The lowest BCUT2D eigenvalue weighted by Crippen LogP contribution is -2.03. The largest absolute Gasteiger partial charge is 0.321 e. The lowest BCUT2D eigenvalue weighted by atomic mass is 9.99. The summed E-state index contributed by atoms with van der Waals surface area (Å²) < 4.78 is 0.971. The number of halogens is 1. The van der Waals surface area contributed by atoms with Crippen LogP contribution in [0.3, 0.4) is 0 Å². The van der Waals surface area contributed by atoms with E-state index in [-0.39, 0.29) is 5.91 Å². The molecule has 2 aromatic rings.